The zero-order valence-corrected chi connectivity index (χ0v) is 9.29. The number of aryl methyl sites for hydroxylation is 1. The van der Waals surface area contributed by atoms with Crippen LogP contribution in [0.3, 0.4) is 0 Å². The van der Waals surface area contributed by atoms with Gasteiger partial charge in [-0.05, 0) is 18.1 Å². The van der Waals surface area contributed by atoms with Crippen molar-refractivity contribution in [2.24, 2.45) is 0 Å². The molecule has 1 rings (SSSR count). The Labute approximate surface area is 74.7 Å². The largest absolute Gasteiger partial charge is 0.478 e. The van der Waals surface area contributed by atoms with Crippen molar-refractivity contribution in [3.05, 3.63) is 29.3 Å². The Morgan fingerprint density at radius 1 is 1.58 bits per heavy atom. The van der Waals surface area contributed by atoms with Gasteiger partial charge in [-0.25, -0.2) is 4.79 Å². The van der Waals surface area contributed by atoms with Crippen LogP contribution in [0.5, 0.6) is 0 Å². The number of carboxylic acid groups (broad SMARTS) is 1. The minimum absolute atomic E-state index is 0.457. The maximum absolute atomic E-state index is 10.6. The highest BCUT2D eigenvalue weighted by Gasteiger charge is 2.05. The third-order valence-electron chi connectivity index (χ3n) is 1.93. The average molecular weight is 180 g/mol. The molecule has 0 saturated carbocycles. The van der Waals surface area contributed by atoms with Crippen LogP contribution in [0.2, 0.25) is 0 Å². The fraction of sp³-hybridized carbons (Fsp3) is 0.222. The molecular formula is C9H12O2Si. The highest BCUT2D eigenvalue weighted by Crippen LogP contribution is 2.01. The van der Waals surface area contributed by atoms with Crippen LogP contribution in [0, 0.1) is 0 Å². The SMILES string of the molecule is CCc1ccc(C(=O)O)c([SiH3])c1. The molecule has 0 aliphatic carbocycles. The molecule has 0 amide bonds. The summed E-state index contributed by atoms with van der Waals surface area (Å²) in [5.74, 6) is -0.817. The summed E-state index contributed by atoms with van der Waals surface area (Å²) in [6.07, 6.45) is 0.967. The highest BCUT2D eigenvalue weighted by molar-refractivity contribution is 6.36. The molecule has 0 spiro atoms. The van der Waals surface area contributed by atoms with E-state index in [2.05, 4.69) is 6.92 Å². The normalized spacial score (nSPS) is 10.1. The van der Waals surface area contributed by atoms with Crippen LogP contribution in [0.25, 0.3) is 0 Å². The zero-order valence-electron chi connectivity index (χ0n) is 7.29. The second-order valence-electron chi connectivity index (χ2n) is 2.81. The smallest absolute Gasteiger partial charge is 0.335 e. The summed E-state index contributed by atoms with van der Waals surface area (Å²) in [4.78, 5) is 10.6. The fourth-order valence-electron chi connectivity index (χ4n) is 1.19. The topological polar surface area (TPSA) is 37.3 Å². The summed E-state index contributed by atoms with van der Waals surface area (Å²) >= 11 is 0. The quantitative estimate of drug-likeness (QED) is 0.647. The van der Waals surface area contributed by atoms with Crippen molar-refractivity contribution in [2.45, 2.75) is 13.3 Å². The van der Waals surface area contributed by atoms with Gasteiger partial charge in [0.15, 0.2) is 0 Å². The van der Waals surface area contributed by atoms with E-state index in [1.165, 1.54) is 5.56 Å². The first-order chi connectivity index (χ1) is 5.65. The van der Waals surface area contributed by atoms with E-state index in [0.29, 0.717) is 5.56 Å². The number of hydrogen-bond acceptors (Lipinski definition) is 1. The van der Waals surface area contributed by atoms with Crippen LogP contribution in [0.15, 0.2) is 18.2 Å². The minimum Gasteiger partial charge on any atom is -0.478 e. The first-order valence-electron chi connectivity index (χ1n) is 3.98. The molecule has 0 bridgehead atoms. The number of rotatable bonds is 2. The van der Waals surface area contributed by atoms with Crippen molar-refractivity contribution in [1.82, 2.24) is 0 Å². The Hall–Kier alpha value is -1.09. The lowest BCUT2D eigenvalue weighted by atomic mass is 10.1. The summed E-state index contributed by atoms with van der Waals surface area (Å²) in [5, 5.41) is 9.73. The molecule has 1 aromatic rings. The third-order valence-corrected chi connectivity index (χ3v) is 2.76. The lowest BCUT2D eigenvalue weighted by Gasteiger charge is -2.02. The molecule has 0 saturated heterocycles. The number of carbonyl (C=O) groups is 1. The van der Waals surface area contributed by atoms with Crippen LogP contribution in [0.4, 0.5) is 0 Å². The number of benzene rings is 1. The lowest BCUT2D eigenvalue weighted by molar-refractivity contribution is 0.0698. The zero-order chi connectivity index (χ0) is 9.14. The van der Waals surface area contributed by atoms with Gasteiger partial charge in [-0.15, -0.1) is 0 Å². The highest BCUT2D eigenvalue weighted by atomic mass is 28.1. The van der Waals surface area contributed by atoms with Crippen molar-refractivity contribution >= 4 is 21.4 Å². The molecule has 3 heteroatoms. The molecule has 64 valence electrons. The van der Waals surface area contributed by atoms with Crippen LogP contribution in [-0.4, -0.2) is 21.3 Å². The molecular weight excluding hydrogens is 168 g/mol. The summed E-state index contributed by atoms with van der Waals surface area (Å²) in [5.41, 5.74) is 1.67. The average Bonchev–Trinajstić information content (AvgIpc) is 2.03. The molecule has 1 aromatic carbocycles. The van der Waals surface area contributed by atoms with Crippen molar-refractivity contribution < 1.29 is 9.90 Å². The third kappa shape index (κ3) is 1.74. The van der Waals surface area contributed by atoms with E-state index in [0.717, 1.165) is 21.9 Å². The minimum atomic E-state index is -0.817. The fourth-order valence-corrected chi connectivity index (χ4v) is 1.94. The Morgan fingerprint density at radius 2 is 2.25 bits per heavy atom. The Kier molecular flexibility index (Phi) is 2.65. The summed E-state index contributed by atoms with van der Waals surface area (Å²) in [6.45, 7) is 2.07. The van der Waals surface area contributed by atoms with Crippen molar-refractivity contribution in [1.29, 1.82) is 0 Å². The van der Waals surface area contributed by atoms with E-state index in [9.17, 15) is 4.79 Å². The molecule has 0 aliphatic rings. The van der Waals surface area contributed by atoms with Crippen molar-refractivity contribution in [3.63, 3.8) is 0 Å². The Morgan fingerprint density at radius 3 is 2.67 bits per heavy atom. The molecule has 0 aliphatic heterocycles. The lowest BCUT2D eigenvalue weighted by Crippen LogP contribution is -2.15. The second-order valence-corrected chi connectivity index (χ2v) is 3.89. The molecule has 12 heavy (non-hydrogen) atoms. The molecule has 0 unspecified atom stereocenters. The second kappa shape index (κ2) is 3.54. The van der Waals surface area contributed by atoms with Gasteiger partial charge in [0.05, 0.1) is 5.56 Å². The van der Waals surface area contributed by atoms with E-state index >= 15 is 0 Å². The van der Waals surface area contributed by atoms with Crippen molar-refractivity contribution in [2.75, 3.05) is 0 Å². The first kappa shape index (κ1) is 9.00. The maximum atomic E-state index is 10.6. The van der Waals surface area contributed by atoms with Crippen LogP contribution in [0.1, 0.15) is 22.8 Å². The summed E-state index contributed by atoms with van der Waals surface area (Å²) in [6, 6.07) is 5.56. The maximum Gasteiger partial charge on any atom is 0.335 e. The molecule has 0 fully saturated rings. The van der Waals surface area contributed by atoms with Gasteiger partial charge in [-0.2, -0.15) is 0 Å². The molecule has 0 radical (unpaired) electrons. The molecule has 1 N–H and O–H groups in total. The van der Waals surface area contributed by atoms with Crippen molar-refractivity contribution in [3.8, 4) is 0 Å². The van der Waals surface area contributed by atoms with E-state index < -0.39 is 5.97 Å². The van der Waals surface area contributed by atoms with Gasteiger partial charge >= 0.3 is 5.97 Å². The van der Waals surface area contributed by atoms with E-state index in [1.54, 1.807) is 6.07 Å². The van der Waals surface area contributed by atoms with Gasteiger partial charge < -0.3 is 5.11 Å². The Bertz CT molecular complexity index is 307. The van der Waals surface area contributed by atoms with E-state index in [4.69, 9.17) is 5.11 Å². The van der Waals surface area contributed by atoms with Gasteiger partial charge in [0.2, 0.25) is 0 Å². The molecule has 2 nitrogen and oxygen atoms in total. The molecule has 0 atom stereocenters. The summed E-state index contributed by atoms with van der Waals surface area (Å²) < 4.78 is 0. The summed E-state index contributed by atoms with van der Waals surface area (Å²) in [7, 11) is 0.796. The van der Waals surface area contributed by atoms with Crippen LogP contribution in [-0.2, 0) is 6.42 Å². The molecule has 0 heterocycles. The van der Waals surface area contributed by atoms with Gasteiger partial charge in [-0.1, -0.05) is 24.2 Å². The Balaban J connectivity index is 3.12. The van der Waals surface area contributed by atoms with Crippen LogP contribution >= 0.6 is 0 Å². The number of hydrogen-bond donors (Lipinski definition) is 1. The monoisotopic (exact) mass is 180 g/mol. The first-order valence-corrected chi connectivity index (χ1v) is 4.98. The predicted octanol–water partition coefficient (Wildman–Crippen LogP) is -0.0621. The number of aromatic carboxylic acids is 1. The standard InChI is InChI=1S/C9H12O2Si/c1-2-6-3-4-7(9(10)11)8(12)5-6/h3-5H,2H2,1,12H3,(H,10,11). The van der Waals surface area contributed by atoms with E-state index in [-0.39, 0.29) is 0 Å². The number of carboxylic acids is 1. The van der Waals surface area contributed by atoms with E-state index in [1.807, 2.05) is 12.1 Å². The molecule has 0 aromatic heterocycles. The van der Waals surface area contributed by atoms with Gasteiger partial charge in [0, 0.05) is 10.2 Å². The van der Waals surface area contributed by atoms with Gasteiger partial charge in [-0.3, -0.25) is 0 Å². The van der Waals surface area contributed by atoms with Gasteiger partial charge in [0.1, 0.15) is 0 Å². The van der Waals surface area contributed by atoms with Gasteiger partial charge in [0.25, 0.3) is 0 Å². The van der Waals surface area contributed by atoms with Crippen LogP contribution < -0.4 is 5.19 Å². The predicted molar refractivity (Wildman–Crippen MR) is 52.4 cm³/mol.